The second kappa shape index (κ2) is 12.8. The maximum absolute atomic E-state index is 14.7. The SMILES string of the molecule is CC(C)Oc1ccc(-c2nnc(-c3cc(F)c(OC[C@H](N)[C@H](C)OP(=O)(O)O)cc3Cl)s2)cc1Cl.Cl. The zero-order valence-corrected chi connectivity index (χ0v) is 23.3. The standard InChI is InChI=1S/C21H23Cl2FN3O6PS.ClH/c1-10(2)32-18-5-4-12(6-15(18)23)20-26-27-21(35-20)13-7-16(24)19(8-14(13)22)31-9-17(25)11(3)33-34(28,29)30;/h4-8,10-11,17H,9,25H2,1-3H3,(H2,28,29,30);1H/t11-,17-;/m0./s1. The van der Waals surface area contributed by atoms with Crippen molar-refractivity contribution < 1.29 is 32.7 Å². The highest BCUT2D eigenvalue weighted by molar-refractivity contribution is 7.46. The molecule has 15 heteroatoms. The first-order valence-corrected chi connectivity index (χ1v) is 13.4. The molecule has 1 aromatic heterocycles. The molecule has 1 heterocycles. The van der Waals surface area contributed by atoms with Crippen LogP contribution in [0.3, 0.4) is 0 Å². The summed E-state index contributed by atoms with van der Waals surface area (Å²) in [6.45, 7) is 4.89. The predicted molar refractivity (Wildman–Crippen MR) is 140 cm³/mol. The number of halogens is 4. The molecule has 3 rings (SSSR count). The molecule has 4 N–H and O–H groups in total. The molecule has 36 heavy (non-hydrogen) atoms. The first kappa shape index (κ1) is 30.7. The summed E-state index contributed by atoms with van der Waals surface area (Å²) in [6.07, 6.45) is -1.06. The number of nitrogens with two attached hydrogens (primary N) is 1. The molecule has 0 fully saturated rings. The van der Waals surface area contributed by atoms with Gasteiger partial charge >= 0.3 is 7.82 Å². The van der Waals surface area contributed by atoms with Crippen LogP contribution >= 0.6 is 54.8 Å². The van der Waals surface area contributed by atoms with Crippen molar-refractivity contribution in [3.8, 4) is 32.6 Å². The van der Waals surface area contributed by atoms with Gasteiger partial charge in [-0.2, -0.15) is 0 Å². The molecule has 0 saturated heterocycles. The summed E-state index contributed by atoms with van der Waals surface area (Å²) < 4.78 is 41.1. The normalized spacial score (nSPS) is 13.3. The number of nitrogens with zero attached hydrogens (tertiary/aromatic N) is 2. The number of benzene rings is 2. The van der Waals surface area contributed by atoms with Crippen LogP contribution < -0.4 is 15.2 Å². The summed E-state index contributed by atoms with van der Waals surface area (Å²) in [5.41, 5.74) is 6.83. The molecule has 0 aliphatic heterocycles. The molecule has 0 saturated carbocycles. The van der Waals surface area contributed by atoms with E-state index < -0.39 is 25.8 Å². The van der Waals surface area contributed by atoms with Gasteiger partial charge in [0.2, 0.25) is 0 Å². The Morgan fingerprint density at radius 3 is 2.36 bits per heavy atom. The average molecular weight is 603 g/mol. The maximum Gasteiger partial charge on any atom is 0.469 e. The van der Waals surface area contributed by atoms with Gasteiger partial charge in [0.15, 0.2) is 11.6 Å². The maximum atomic E-state index is 14.7. The van der Waals surface area contributed by atoms with E-state index in [-0.39, 0.29) is 35.9 Å². The van der Waals surface area contributed by atoms with Crippen LogP contribution in [-0.2, 0) is 9.09 Å². The van der Waals surface area contributed by atoms with Crippen molar-refractivity contribution in [2.45, 2.75) is 39.0 Å². The van der Waals surface area contributed by atoms with Gasteiger partial charge in [0.1, 0.15) is 22.4 Å². The van der Waals surface area contributed by atoms with E-state index in [2.05, 4.69) is 14.7 Å². The zero-order valence-electron chi connectivity index (χ0n) is 19.2. The van der Waals surface area contributed by atoms with Gasteiger partial charge in [-0.15, -0.1) is 22.6 Å². The molecular formula is C21H24Cl3FN3O6PS. The number of phosphoric ester groups is 1. The Balaban J connectivity index is 0.00000456. The Labute approximate surface area is 227 Å². The van der Waals surface area contributed by atoms with Crippen molar-refractivity contribution >= 4 is 54.8 Å². The van der Waals surface area contributed by atoms with Crippen LogP contribution in [0.5, 0.6) is 11.5 Å². The molecule has 2 aromatic carbocycles. The molecule has 0 bridgehead atoms. The third-order valence-electron chi connectivity index (χ3n) is 4.56. The van der Waals surface area contributed by atoms with E-state index in [1.54, 1.807) is 18.2 Å². The van der Waals surface area contributed by atoms with Crippen molar-refractivity contribution in [2.75, 3.05) is 6.61 Å². The highest BCUT2D eigenvalue weighted by Gasteiger charge is 2.25. The molecule has 0 unspecified atom stereocenters. The van der Waals surface area contributed by atoms with Crippen molar-refractivity contribution in [2.24, 2.45) is 5.73 Å². The molecule has 3 aromatic rings. The molecule has 0 spiro atoms. The van der Waals surface area contributed by atoms with E-state index in [0.717, 1.165) is 6.07 Å². The van der Waals surface area contributed by atoms with E-state index in [1.165, 1.54) is 24.3 Å². The third kappa shape index (κ3) is 8.24. The zero-order chi connectivity index (χ0) is 25.9. The summed E-state index contributed by atoms with van der Waals surface area (Å²) in [5.74, 6) is -0.358. The van der Waals surface area contributed by atoms with Gasteiger partial charge in [0, 0.05) is 17.2 Å². The highest BCUT2D eigenvalue weighted by atomic mass is 35.5. The number of rotatable bonds is 10. The minimum atomic E-state index is -4.72. The molecule has 0 aliphatic carbocycles. The Morgan fingerprint density at radius 2 is 1.75 bits per heavy atom. The van der Waals surface area contributed by atoms with Gasteiger partial charge in [0.05, 0.1) is 28.3 Å². The molecule has 2 atom stereocenters. The second-order valence-electron chi connectivity index (χ2n) is 7.76. The van der Waals surface area contributed by atoms with Crippen molar-refractivity contribution in [1.82, 2.24) is 10.2 Å². The number of hydrogen-bond donors (Lipinski definition) is 3. The highest BCUT2D eigenvalue weighted by Crippen LogP contribution is 2.39. The van der Waals surface area contributed by atoms with Crippen LogP contribution in [-0.4, -0.2) is 44.8 Å². The summed E-state index contributed by atoms with van der Waals surface area (Å²) in [7, 11) is -4.72. The van der Waals surface area contributed by atoms with Gasteiger partial charge in [-0.25, -0.2) is 8.96 Å². The van der Waals surface area contributed by atoms with Crippen LogP contribution in [0.25, 0.3) is 21.1 Å². The molecular weight excluding hydrogens is 579 g/mol. The summed E-state index contributed by atoms with van der Waals surface area (Å²) >= 11 is 13.9. The van der Waals surface area contributed by atoms with E-state index in [1.807, 2.05) is 13.8 Å². The van der Waals surface area contributed by atoms with Crippen LogP contribution in [0.4, 0.5) is 4.39 Å². The smallest absolute Gasteiger partial charge is 0.469 e. The minimum Gasteiger partial charge on any atom is -0.489 e. The van der Waals surface area contributed by atoms with Crippen molar-refractivity contribution in [3.05, 3.63) is 46.2 Å². The lowest BCUT2D eigenvalue weighted by Gasteiger charge is -2.21. The minimum absolute atomic E-state index is 0. The van der Waals surface area contributed by atoms with E-state index in [9.17, 15) is 8.96 Å². The number of ether oxygens (including phenoxy) is 2. The quantitative estimate of drug-likeness (QED) is 0.248. The van der Waals surface area contributed by atoms with Crippen LogP contribution in [0.15, 0.2) is 30.3 Å². The fourth-order valence-electron chi connectivity index (χ4n) is 2.85. The average Bonchev–Trinajstić information content (AvgIpc) is 3.23. The number of phosphoric acid groups is 1. The topological polar surface area (TPSA) is 137 Å². The molecule has 198 valence electrons. The van der Waals surface area contributed by atoms with Gasteiger partial charge in [-0.1, -0.05) is 34.5 Å². The Hall–Kier alpha value is -1.53. The Kier molecular flexibility index (Phi) is 10.9. The fourth-order valence-corrected chi connectivity index (χ4v) is 4.84. The number of aromatic nitrogens is 2. The first-order chi connectivity index (χ1) is 16.3. The van der Waals surface area contributed by atoms with Gasteiger partial charge in [-0.05, 0) is 45.0 Å². The largest absolute Gasteiger partial charge is 0.489 e. The third-order valence-corrected chi connectivity index (χ3v) is 6.78. The predicted octanol–water partition coefficient (Wildman–Crippen LogP) is 5.73. The van der Waals surface area contributed by atoms with E-state index in [4.69, 9.17) is 48.2 Å². The lowest BCUT2D eigenvalue weighted by molar-refractivity contribution is 0.106. The molecule has 9 nitrogen and oxygen atoms in total. The van der Waals surface area contributed by atoms with E-state index >= 15 is 0 Å². The second-order valence-corrected chi connectivity index (χ2v) is 10.7. The van der Waals surface area contributed by atoms with Crippen LogP contribution in [0.2, 0.25) is 10.0 Å². The molecule has 0 aliphatic rings. The van der Waals surface area contributed by atoms with Gasteiger partial charge < -0.3 is 25.0 Å². The fraction of sp³-hybridized carbons (Fsp3) is 0.333. The van der Waals surface area contributed by atoms with Crippen LogP contribution in [0, 0.1) is 5.82 Å². The lowest BCUT2D eigenvalue weighted by Crippen LogP contribution is -2.39. The summed E-state index contributed by atoms with van der Waals surface area (Å²) in [6, 6.07) is 6.75. The molecule has 0 radical (unpaired) electrons. The molecule has 0 amide bonds. The van der Waals surface area contributed by atoms with Gasteiger partial charge in [-0.3, -0.25) is 4.52 Å². The lowest BCUT2D eigenvalue weighted by atomic mass is 10.2. The van der Waals surface area contributed by atoms with Crippen molar-refractivity contribution in [3.63, 3.8) is 0 Å². The van der Waals surface area contributed by atoms with E-state index in [0.29, 0.717) is 31.9 Å². The van der Waals surface area contributed by atoms with Crippen LogP contribution in [0.1, 0.15) is 20.8 Å². The number of hydrogen-bond acceptors (Lipinski definition) is 8. The first-order valence-electron chi connectivity index (χ1n) is 10.3. The Morgan fingerprint density at radius 1 is 1.08 bits per heavy atom. The van der Waals surface area contributed by atoms with Gasteiger partial charge in [0.25, 0.3) is 0 Å². The van der Waals surface area contributed by atoms with Crippen molar-refractivity contribution in [1.29, 1.82) is 0 Å². The Bertz CT molecular complexity index is 1250. The summed E-state index contributed by atoms with van der Waals surface area (Å²) in [5, 5.41) is 9.81. The summed E-state index contributed by atoms with van der Waals surface area (Å²) in [4.78, 5) is 17.7. The monoisotopic (exact) mass is 601 g/mol.